The van der Waals surface area contributed by atoms with Crippen molar-refractivity contribution in [2.75, 3.05) is 18.4 Å². The Bertz CT molecular complexity index is 846. The Hall–Kier alpha value is -2.04. The van der Waals surface area contributed by atoms with Crippen molar-refractivity contribution >= 4 is 23.3 Å². The standard InChI is InChI=1S/C23H29ClN2O2/c1-4-21(18-9-10-20(24)16(3)11-18)25-19-8-6-7-17(12-19)13-26-14-23(5-2,15-26)22(27)28/h6-12,21,25H,4-5,13-15H2,1-3H3,(H,27,28)/t21-/m1/s1. The van der Waals surface area contributed by atoms with E-state index < -0.39 is 11.4 Å². The number of hydrogen-bond acceptors (Lipinski definition) is 3. The molecule has 0 aromatic heterocycles. The molecule has 2 aromatic carbocycles. The van der Waals surface area contributed by atoms with Crippen molar-refractivity contribution in [3.63, 3.8) is 0 Å². The summed E-state index contributed by atoms with van der Waals surface area (Å²) in [5.41, 5.74) is 4.03. The van der Waals surface area contributed by atoms with Crippen LogP contribution < -0.4 is 5.32 Å². The van der Waals surface area contributed by atoms with Gasteiger partial charge in [0.15, 0.2) is 0 Å². The van der Waals surface area contributed by atoms with E-state index in [9.17, 15) is 9.90 Å². The first-order valence-corrected chi connectivity index (χ1v) is 10.3. The second-order valence-corrected chi connectivity index (χ2v) is 8.31. The zero-order valence-corrected chi connectivity index (χ0v) is 17.6. The molecule has 0 spiro atoms. The van der Waals surface area contributed by atoms with Crippen LogP contribution in [0.3, 0.4) is 0 Å². The minimum atomic E-state index is -0.675. The summed E-state index contributed by atoms with van der Waals surface area (Å²) >= 11 is 6.17. The van der Waals surface area contributed by atoms with E-state index in [1.54, 1.807) is 0 Å². The number of anilines is 1. The van der Waals surface area contributed by atoms with E-state index in [2.05, 4.69) is 53.5 Å². The van der Waals surface area contributed by atoms with Gasteiger partial charge in [-0.1, -0.05) is 49.7 Å². The lowest BCUT2D eigenvalue weighted by atomic mass is 9.77. The molecule has 0 bridgehead atoms. The zero-order chi connectivity index (χ0) is 20.3. The van der Waals surface area contributed by atoms with Crippen LogP contribution in [0.15, 0.2) is 42.5 Å². The summed E-state index contributed by atoms with van der Waals surface area (Å²) in [7, 11) is 0. The minimum absolute atomic E-state index is 0.218. The number of benzene rings is 2. The highest BCUT2D eigenvalue weighted by atomic mass is 35.5. The molecule has 1 heterocycles. The summed E-state index contributed by atoms with van der Waals surface area (Å²) in [5, 5.41) is 13.9. The van der Waals surface area contributed by atoms with Crippen molar-refractivity contribution in [2.45, 2.75) is 46.2 Å². The lowest BCUT2D eigenvalue weighted by molar-refractivity contribution is -0.161. The first-order chi connectivity index (χ1) is 13.4. The summed E-state index contributed by atoms with van der Waals surface area (Å²) < 4.78 is 0. The van der Waals surface area contributed by atoms with Gasteiger partial charge in [-0.25, -0.2) is 0 Å². The van der Waals surface area contributed by atoms with Crippen LogP contribution >= 0.6 is 11.6 Å². The van der Waals surface area contributed by atoms with Crippen LogP contribution in [-0.4, -0.2) is 29.1 Å². The van der Waals surface area contributed by atoms with Gasteiger partial charge >= 0.3 is 5.97 Å². The zero-order valence-electron chi connectivity index (χ0n) is 16.8. The van der Waals surface area contributed by atoms with E-state index >= 15 is 0 Å². The number of likely N-dealkylation sites (tertiary alicyclic amines) is 1. The second kappa shape index (κ2) is 8.54. The highest BCUT2D eigenvalue weighted by molar-refractivity contribution is 6.31. The number of carboxylic acid groups (broad SMARTS) is 1. The fourth-order valence-corrected chi connectivity index (χ4v) is 4.07. The first kappa shape index (κ1) is 20.7. The van der Waals surface area contributed by atoms with Crippen LogP contribution in [0, 0.1) is 12.3 Å². The number of nitrogens with zero attached hydrogens (tertiary/aromatic N) is 1. The van der Waals surface area contributed by atoms with Crippen LogP contribution in [0.1, 0.15) is 49.4 Å². The monoisotopic (exact) mass is 400 g/mol. The molecule has 28 heavy (non-hydrogen) atoms. The number of nitrogens with one attached hydrogen (secondary N) is 1. The predicted octanol–water partition coefficient (Wildman–Crippen LogP) is 5.51. The molecule has 0 aliphatic carbocycles. The highest BCUT2D eigenvalue weighted by Crippen LogP contribution is 2.35. The maximum Gasteiger partial charge on any atom is 0.312 e. The molecular formula is C23H29ClN2O2. The molecule has 150 valence electrons. The summed E-state index contributed by atoms with van der Waals surface area (Å²) in [5.74, 6) is -0.675. The molecule has 2 aromatic rings. The van der Waals surface area contributed by atoms with Gasteiger partial charge in [-0.05, 0) is 54.7 Å². The second-order valence-electron chi connectivity index (χ2n) is 7.90. The lowest BCUT2D eigenvalue weighted by Crippen LogP contribution is -2.59. The molecule has 0 amide bonds. The van der Waals surface area contributed by atoms with Gasteiger partial charge in [0.05, 0.1) is 11.5 Å². The Morgan fingerprint density at radius 1 is 1.25 bits per heavy atom. The molecule has 1 fully saturated rings. The summed E-state index contributed by atoms with van der Waals surface area (Å²) in [4.78, 5) is 13.7. The molecule has 4 nitrogen and oxygen atoms in total. The van der Waals surface area contributed by atoms with Crippen molar-refractivity contribution in [1.82, 2.24) is 4.90 Å². The van der Waals surface area contributed by atoms with E-state index in [4.69, 9.17) is 11.6 Å². The van der Waals surface area contributed by atoms with Crippen molar-refractivity contribution in [2.24, 2.45) is 5.41 Å². The molecule has 0 unspecified atom stereocenters. The maximum absolute atomic E-state index is 11.5. The van der Waals surface area contributed by atoms with Crippen LogP contribution in [0.5, 0.6) is 0 Å². The van der Waals surface area contributed by atoms with Gasteiger partial charge in [0.25, 0.3) is 0 Å². The van der Waals surface area contributed by atoms with Gasteiger partial charge < -0.3 is 10.4 Å². The van der Waals surface area contributed by atoms with E-state index in [-0.39, 0.29) is 6.04 Å². The highest BCUT2D eigenvalue weighted by Gasteiger charge is 2.47. The summed E-state index contributed by atoms with van der Waals surface area (Å²) in [6, 6.07) is 14.8. The molecule has 2 N–H and O–H groups in total. The van der Waals surface area contributed by atoms with Crippen LogP contribution in [0.25, 0.3) is 0 Å². The average Bonchev–Trinajstić information content (AvgIpc) is 2.64. The molecule has 3 rings (SSSR count). The summed E-state index contributed by atoms with van der Waals surface area (Å²) in [6.45, 7) is 8.18. The SMILES string of the molecule is CC[C@@H](Nc1cccc(CN2CC(CC)(C(=O)O)C2)c1)c1ccc(Cl)c(C)c1. The smallest absolute Gasteiger partial charge is 0.312 e. The van der Waals surface area contributed by atoms with Crippen LogP contribution in [-0.2, 0) is 11.3 Å². The van der Waals surface area contributed by atoms with E-state index in [1.165, 1.54) is 11.1 Å². The number of aliphatic carboxylic acids is 1. The number of hydrogen-bond donors (Lipinski definition) is 2. The molecule has 0 saturated carbocycles. The van der Waals surface area contributed by atoms with E-state index in [1.807, 2.05) is 19.9 Å². The van der Waals surface area contributed by atoms with Crippen molar-refractivity contribution in [1.29, 1.82) is 0 Å². The third-order valence-electron chi connectivity index (χ3n) is 5.85. The quantitative estimate of drug-likeness (QED) is 0.613. The third kappa shape index (κ3) is 4.34. The van der Waals surface area contributed by atoms with Gasteiger partial charge in [0, 0.05) is 30.3 Å². The Kier molecular flexibility index (Phi) is 6.31. The maximum atomic E-state index is 11.5. The fourth-order valence-electron chi connectivity index (χ4n) is 3.96. The van der Waals surface area contributed by atoms with Crippen molar-refractivity contribution in [3.8, 4) is 0 Å². The Labute approximate surface area is 172 Å². The van der Waals surface area contributed by atoms with Gasteiger partial charge in [0.1, 0.15) is 0 Å². The van der Waals surface area contributed by atoms with Gasteiger partial charge in [0.2, 0.25) is 0 Å². The Morgan fingerprint density at radius 2 is 2.00 bits per heavy atom. The van der Waals surface area contributed by atoms with E-state index in [0.29, 0.717) is 19.5 Å². The number of carbonyl (C=O) groups is 1. The van der Waals surface area contributed by atoms with Gasteiger partial charge in [-0.2, -0.15) is 0 Å². The normalized spacial score (nSPS) is 17.0. The van der Waals surface area contributed by atoms with E-state index in [0.717, 1.165) is 29.2 Å². The van der Waals surface area contributed by atoms with Gasteiger partial charge in [-0.15, -0.1) is 0 Å². The molecular weight excluding hydrogens is 372 g/mol. The lowest BCUT2D eigenvalue weighted by Gasteiger charge is -2.47. The Morgan fingerprint density at radius 3 is 2.61 bits per heavy atom. The first-order valence-electron chi connectivity index (χ1n) is 9.94. The molecule has 1 atom stereocenters. The average molecular weight is 401 g/mol. The van der Waals surface area contributed by atoms with Crippen molar-refractivity contribution < 1.29 is 9.90 Å². The number of halogens is 1. The van der Waals surface area contributed by atoms with Gasteiger partial charge in [-0.3, -0.25) is 9.69 Å². The minimum Gasteiger partial charge on any atom is -0.481 e. The van der Waals surface area contributed by atoms with Crippen LogP contribution in [0.4, 0.5) is 5.69 Å². The fraction of sp³-hybridized carbons (Fsp3) is 0.435. The third-order valence-corrected chi connectivity index (χ3v) is 6.27. The topological polar surface area (TPSA) is 52.6 Å². The molecule has 1 aliphatic heterocycles. The predicted molar refractivity (Wildman–Crippen MR) is 115 cm³/mol. The number of carboxylic acids is 1. The molecule has 0 radical (unpaired) electrons. The molecule has 5 heteroatoms. The molecule has 1 aliphatic rings. The summed E-state index contributed by atoms with van der Waals surface area (Å²) in [6.07, 6.45) is 1.65. The van der Waals surface area contributed by atoms with Crippen LogP contribution in [0.2, 0.25) is 5.02 Å². The number of aryl methyl sites for hydroxylation is 1. The number of rotatable bonds is 8. The van der Waals surface area contributed by atoms with Crippen molar-refractivity contribution in [3.05, 3.63) is 64.2 Å². The Balaban J connectivity index is 1.66. The largest absolute Gasteiger partial charge is 0.481 e. The molecule has 1 saturated heterocycles.